The number of methoxy groups -OCH3 is 1. The molecule has 0 radical (unpaired) electrons. The predicted molar refractivity (Wildman–Crippen MR) is 80.1 cm³/mol. The van der Waals surface area contributed by atoms with E-state index >= 15 is 0 Å². The van der Waals surface area contributed by atoms with Crippen molar-refractivity contribution in [3.63, 3.8) is 0 Å². The molecule has 0 bridgehead atoms. The first-order chi connectivity index (χ1) is 9.10. The van der Waals surface area contributed by atoms with E-state index in [4.69, 9.17) is 16.3 Å². The number of hydrogen-bond donors (Lipinski definition) is 1. The van der Waals surface area contributed by atoms with E-state index in [0.717, 1.165) is 17.1 Å². The number of ether oxygens (including phenoxy) is 1. The third-order valence-electron chi connectivity index (χ3n) is 2.84. The monoisotopic (exact) mass is 296 g/mol. The fourth-order valence-corrected chi connectivity index (χ4v) is 2.83. The van der Waals surface area contributed by atoms with Gasteiger partial charge in [0, 0.05) is 17.6 Å². The summed E-state index contributed by atoms with van der Waals surface area (Å²) in [5.74, 6) is 0.703. The van der Waals surface area contributed by atoms with Crippen LogP contribution in [0.15, 0.2) is 24.4 Å². The van der Waals surface area contributed by atoms with Crippen molar-refractivity contribution in [2.45, 2.75) is 26.4 Å². The molecule has 1 aromatic heterocycles. The normalized spacial score (nSPS) is 12.4. The Bertz CT molecular complexity index is 556. The van der Waals surface area contributed by atoms with Gasteiger partial charge in [-0.1, -0.05) is 17.7 Å². The lowest BCUT2D eigenvalue weighted by Crippen LogP contribution is -2.17. The summed E-state index contributed by atoms with van der Waals surface area (Å²) in [6.07, 6.45) is 1.91. The molecule has 0 amide bonds. The van der Waals surface area contributed by atoms with Crippen LogP contribution in [-0.4, -0.2) is 12.1 Å². The maximum atomic E-state index is 6.10. The number of nitrogens with zero attached hydrogens (tertiary/aromatic N) is 1. The average molecular weight is 297 g/mol. The zero-order chi connectivity index (χ0) is 13.8. The number of aromatic nitrogens is 1. The maximum Gasteiger partial charge on any atom is 0.137 e. The summed E-state index contributed by atoms with van der Waals surface area (Å²) < 4.78 is 5.14. The molecule has 19 heavy (non-hydrogen) atoms. The van der Waals surface area contributed by atoms with E-state index in [9.17, 15) is 0 Å². The first kappa shape index (κ1) is 14.3. The van der Waals surface area contributed by atoms with Gasteiger partial charge in [0.25, 0.3) is 0 Å². The fraction of sp³-hybridized carbons (Fsp3) is 0.357. The Morgan fingerprint density at radius 2 is 2.26 bits per heavy atom. The van der Waals surface area contributed by atoms with E-state index in [1.54, 1.807) is 18.4 Å². The molecule has 102 valence electrons. The van der Waals surface area contributed by atoms with Crippen molar-refractivity contribution in [1.29, 1.82) is 0 Å². The molecule has 0 saturated carbocycles. The average Bonchev–Trinajstić information content (AvgIpc) is 2.83. The largest absolute Gasteiger partial charge is 0.495 e. The lowest BCUT2D eigenvalue weighted by atomic mass is 10.2. The molecule has 1 atom stereocenters. The van der Waals surface area contributed by atoms with Gasteiger partial charge < -0.3 is 10.1 Å². The van der Waals surface area contributed by atoms with Crippen LogP contribution < -0.4 is 10.1 Å². The minimum Gasteiger partial charge on any atom is -0.495 e. The van der Waals surface area contributed by atoms with Gasteiger partial charge in [-0.15, -0.1) is 11.3 Å². The van der Waals surface area contributed by atoms with Gasteiger partial charge in [0.15, 0.2) is 0 Å². The third kappa shape index (κ3) is 3.69. The third-order valence-corrected chi connectivity index (χ3v) is 4.23. The number of nitrogens with one attached hydrogen (secondary N) is 1. The highest BCUT2D eigenvalue weighted by Crippen LogP contribution is 2.25. The van der Waals surface area contributed by atoms with Crippen LogP contribution in [0, 0.1) is 6.92 Å². The van der Waals surface area contributed by atoms with Gasteiger partial charge in [-0.3, -0.25) is 0 Å². The molecule has 2 aromatic rings. The Labute approximate surface area is 122 Å². The second-order valence-electron chi connectivity index (χ2n) is 4.38. The first-order valence-electron chi connectivity index (χ1n) is 6.08. The van der Waals surface area contributed by atoms with Gasteiger partial charge in [-0.25, -0.2) is 4.98 Å². The van der Waals surface area contributed by atoms with E-state index in [1.807, 2.05) is 24.4 Å². The number of benzene rings is 1. The molecule has 1 aromatic carbocycles. The zero-order valence-corrected chi connectivity index (χ0v) is 12.8. The number of hydrogen-bond acceptors (Lipinski definition) is 4. The number of thiazole rings is 1. The molecule has 0 aliphatic carbocycles. The van der Waals surface area contributed by atoms with Crippen molar-refractivity contribution in [2.75, 3.05) is 7.11 Å². The van der Waals surface area contributed by atoms with Crippen LogP contribution in [-0.2, 0) is 6.54 Å². The molecule has 0 fully saturated rings. The highest BCUT2D eigenvalue weighted by atomic mass is 35.5. The van der Waals surface area contributed by atoms with Crippen LogP contribution in [0.2, 0.25) is 5.02 Å². The van der Waals surface area contributed by atoms with E-state index < -0.39 is 0 Å². The summed E-state index contributed by atoms with van der Waals surface area (Å²) in [6.45, 7) is 4.93. The van der Waals surface area contributed by atoms with Gasteiger partial charge in [-0.05, 0) is 31.5 Å². The molecule has 0 aliphatic rings. The van der Waals surface area contributed by atoms with E-state index in [1.165, 1.54) is 4.88 Å². The molecular weight excluding hydrogens is 280 g/mol. The quantitative estimate of drug-likeness (QED) is 0.907. The van der Waals surface area contributed by atoms with Gasteiger partial charge in [0.05, 0.1) is 18.2 Å². The van der Waals surface area contributed by atoms with Gasteiger partial charge in [0.1, 0.15) is 10.8 Å². The summed E-state index contributed by atoms with van der Waals surface area (Å²) in [7, 11) is 1.62. The molecule has 0 spiro atoms. The van der Waals surface area contributed by atoms with Crippen LogP contribution >= 0.6 is 22.9 Å². The Kier molecular flexibility index (Phi) is 4.80. The van der Waals surface area contributed by atoms with Crippen LogP contribution in [0.4, 0.5) is 0 Å². The lowest BCUT2D eigenvalue weighted by Gasteiger charge is -2.12. The molecule has 1 heterocycles. The topological polar surface area (TPSA) is 34.1 Å². The molecule has 0 saturated heterocycles. The minimum absolute atomic E-state index is 0.236. The zero-order valence-electron chi connectivity index (χ0n) is 11.2. The Morgan fingerprint density at radius 3 is 2.84 bits per heavy atom. The molecule has 2 rings (SSSR count). The van der Waals surface area contributed by atoms with Crippen molar-refractivity contribution in [1.82, 2.24) is 10.3 Å². The molecule has 5 heteroatoms. The van der Waals surface area contributed by atoms with Crippen LogP contribution in [0.3, 0.4) is 0 Å². The predicted octanol–water partition coefficient (Wildman–Crippen LogP) is 3.96. The second-order valence-corrected chi connectivity index (χ2v) is 6.05. The summed E-state index contributed by atoms with van der Waals surface area (Å²) in [4.78, 5) is 5.62. The first-order valence-corrected chi connectivity index (χ1v) is 7.27. The molecule has 1 unspecified atom stereocenters. The minimum atomic E-state index is 0.236. The fourth-order valence-electron chi connectivity index (χ4n) is 1.75. The van der Waals surface area contributed by atoms with E-state index in [0.29, 0.717) is 10.8 Å². The van der Waals surface area contributed by atoms with Crippen molar-refractivity contribution < 1.29 is 4.74 Å². The van der Waals surface area contributed by atoms with Gasteiger partial charge in [0.2, 0.25) is 0 Å². The molecule has 0 aliphatic heterocycles. The smallest absolute Gasteiger partial charge is 0.137 e. The summed E-state index contributed by atoms with van der Waals surface area (Å²) in [6, 6.07) is 6.06. The SMILES string of the molecule is COc1ccc(CNC(C)c2ncc(C)s2)cc1Cl. The Hall–Kier alpha value is -1.10. The summed E-state index contributed by atoms with van der Waals surface area (Å²) in [5.41, 5.74) is 1.13. The molecular formula is C14H17ClN2OS. The standard InChI is InChI=1S/C14H17ClN2OS/c1-9-7-17-14(19-9)10(2)16-8-11-4-5-13(18-3)12(15)6-11/h4-7,10,16H,8H2,1-3H3. The Balaban J connectivity index is 1.97. The van der Waals surface area contributed by atoms with Gasteiger partial charge >= 0.3 is 0 Å². The van der Waals surface area contributed by atoms with Crippen LogP contribution in [0.5, 0.6) is 5.75 Å². The second kappa shape index (κ2) is 6.37. The number of rotatable bonds is 5. The molecule has 3 nitrogen and oxygen atoms in total. The van der Waals surface area contributed by atoms with Crippen molar-refractivity contribution in [3.8, 4) is 5.75 Å². The maximum absolute atomic E-state index is 6.10. The number of halogens is 1. The molecule has 1 N–H and O–H groups in total. The summed E-state index contributed by atoms with van der Waals surface area (Å²) in [5, 5.41) is 5.19. The Morgan fingerprint density at radius 1 is 1.47 bits per heavy atom. The number of aryl methyl sites for hydroxylation is 1. The van der Waals surface area contributed by atoms with Crippen molar-refractivity contribution >= 4 is 22.9 Å². The lowest BCUT2D eigenvalue weighted by molar-refractivity contribution is 0.414. The highest BCUT2D eigenvalue weighted by molar-refractivity contribution is 7.11. The van der Waals surface area contributed by atoms with Crippen molar-refractivity contribution in [2.24, 2.45) is 0 Å². The van der Waals surface area contributed by atoms with Crippen LogP contribution in [0.25, 0.3) is 0 Å². The van der Waals surface area contributed by atoms with E-state index in [2.05, 4.69) is 24.1 Å². The summed E-state index contributed by atoms with van der Waals surface area (Å²) >= 11 is 7.82. The van der Waals surface area contributed by atoms with Crippen molar-refractivity contribution in [3.05, 3.63) is 44.9 Å². The van der Waals surface area contributed by atoms with E-state index in [-0.39, 0.29) is 6.04 Å². The van der Waals surface area contributed by atoms with Crippen LogP contribution in [0.1, 0.15) is 28.4 Å². The van der Waals surface area contributed by atoms with Gasteiger partial charge in [-0.2, -0.15) is 0 Å². The highest BCUT2D eigenvalue weighted by Gasteiger charge is 2.09.